The van der Waals surface area contributed by atoms with Crippen LogP contribution in [-0.4, -0.2) is 18.0 Å². The smallest absolute Gasteiger partial charge is 0.314 e. The SMILES string of the molecule is CC(C)(C)C1CCC(OC(=O)C2CC(=O)Nc3ccccc32)CC1. The summed E-state index contributed by atoms with van der Waals surface area (Å²) in [5.74, 6) is -0.160. The number of carbonyl (C=O) groups excluding carboxylic acids is 2. The normalized spacial score (nSPS) is 27.1. The monoisotopic (exact) mass is 329 g/mol. The van der Waals surface area contributed by atoms with Gasteiger partial charge in [-0.2, -0.15) is 0 Å². The van der Waals surface area contributed by atoms with E-state index < -0.39 is 5.92 Å². The Morgan fingerprint density at radius 3 is 2.46 bits per heavy atom. The molecular formula is C20H27NO3. The summed E-state index contributed by atoms with van der Waals surface area (Å²) < 4.78 is 5.78. The van der Waals surface area contributed by atoms with Crippen LogP contribution >= 0.6 is 0 Å². The van der Waals surface area contributed by atoms with E-state index in [0.717, 1.165) is 36.9 Å². The molecule has 4 nitrogen and oxygen atoms in total. The largest absolute Gasteiger partial charge is 0.462 e. The highest BCUT2D eigenvalue weighted by molar-refractivity contribution is 5.99. The Labute approximate surface area is 144 Å². The van der Waals surface area contributed by atoms with E-state index >= 15 is 0 Å². The van der Waals surface area contributed by atoms with Gasteiger partial charge in [-0.05, 0) is 48.6 Å². The molecule has 1 saturated carbocycles. The van der Waals surface area contributed by atoms with Crippen molar-refractivity contribution in [2.24, 2.45) is 11.3 Å². The molecule has 0 aromatic heterocycles. The number of esters is 1. The standard InChI is InChI=1S/C20H27NO3/c1-20(2,3)13-8-10-14(11-9-13)24-19(23)16-12-18(22)21-17-7-5-4-6-15(16)17/h4-7,13-14,16H,8-12H2,1-3H3,(H,21,22). The van der Waals surface area contributed by atoms with Crippen molar-refractivity contribution >= 4 is 17.6 Å². The van der Waals surface area contributed by atoms with E-state index in [1.807, 2.05) is 24.3 Å². The fourth-order valence-corrected chi connectivity index (χ4v) is 3.91. The number of benzene rings is 1. The van der Waals surface area contributed by atoms with Crippen LogP contribution in [0.3, 0.4) is 0 Å². The second-order valence-corrected chi connectivity index (χ2v) is 8.17. The summed E-state index contributed by atoms with van der Waals surface area (Å²) in [5, 5.41) is 2.82. The second-order valence-electron chi connectivity index (χ2n) is 8.17. The van der Waals surface area contributed by atoms with Crippen LogP contribution in [0.4, 0.5) is 5.69 Å². The maximum absolute atomic E-state index is 12.7. The van der Waals surface area contributed by atoms with E-state index in [0.29, 0.717) is 11.3 Å². The van der Waals surface area contributed by atoms with Crippen molar-refractivity contribution < 1.29 is 14.3 Å². The molecular weight excluding hydrogens is 302 g/mol. The number of para-hydroxylation sites is 1. The van der Waals surface area contributed by atoms with Crippen molar-refractivity contribution in [2.45, 2.75) is 64.9 Å². The fourth-order valence-electron chi connectivity index (χ4n) is 3.91. The lowest BCUT2D eigenvalue weighted by atomic mass is 9.72. The summed E-state index contributed by atoms with van der Waals surface area (Å²) in [7, 11) is 0. The highest BCUT2D eigenvalue weighted by atomic mass is 16.5. The number of nitrogens with one attached hydrogen (secondary N) is 1. The van der Waals surface area contributed by atoms with Gasteiger partial charge in [-0.25, -0.2) is 0 Å². The Kier molecular flexibility index (Phi) is 4.66. The van der Waals surface area contributed by atoms with Crippen LogP contribution in [0.5, 0.6) is 0 Å². The van der Waals surface area contributed by atoms with Gasteiger partial charge in [-0.1, -0.05) is 39.0 Å². The number of carbonyl (C=O) groups is 2. The molecule has 1 aliphatic carbocycles. The molecule has 24 heavy (non-hydrogen) atoms. The molecule has 1 fully saturated rings. The molecule has 1 aromatic rings. The molecule has 2 aliphatic rings. The maximum atomic E-state index is 12.7. The zero-order valence-electron chi connectivity index (χ0n) is 14.8. The molecule has 3 rings (SSSR count). The number of fused-ring (bicyclic) bond motifs is 1. The first-order valence-electron chi connectivity index (χ1n) is 8.94. The van der Waals surface area contributed by atoms with Crippen LogP contribution in [0.2, 0.25) is 0 Å². The Hall–Kier alpha value is -1.84. The van der Waals surface area contributed by atoms with Crippen LogP contribution < -0.4 is 5.32 Å². The zero-order chi connectivity index (χ0) is 17.3. The number of hydrogen-bond acceptors (Lipinski definition) is 3. The molecule has 1 atom stereocenters. The van der Waals surface area contributed by atoms with Crippen molar-refractivity contribution in [2.75, 3.05) is 5.32 Å². The van der Waals surface area contributed by atoms with E-state index in [9.17, 15) is 9.59 Å². The highest BCUT2D eigenvalue weighted by Gasteiger charge is 2.35. The third-order valence-electron chi connectivity index (χ3n) is 5.47. The van der Waals surface area contributed by atoms with E-state index in [-0.39, 0.29) is 24.4 Å². The zero-order valence-corrected chi connectivity index (χ0v) is 14.8. The third kappa shape index (κ3) is 3.63. The van der Waals surface area contributed by atoms with Crippen molar-refractivity contribution in [3.8, 4) is 0 Å². The summed E-state index contributed by atoms with van der Waals surface area (Å²) in [6.07, 6.45) is 4.22. The number of rotatable bonds is 2. The molecule has 1 N–H and O–H groups in total. The average molecular weight is 329 g/mol. The molecule has 1 aromatic carbocycles. The first kappa shape index (κ1) is 17.0. The van der Waals surface area contributed by atoms with E-state index in [2.05, 4.69) is 26.1 Å². The van der Waals surface area contributed by atoms with Crippen molar-refractivity contribution in [3.63, 3.8) is 0 Å². The molecule has 1 aliphatic heterocycles. The van der Waals surface area contributed by atoms with Crippen LogP contribution in [0, 0.1) is 11.3 Å². The van der Waals surface area contributed by atoms with Gasteiger partial charge in [0.15, 0.2) is 0 Å². The molecule has 0 spiro atoms. The molecule has 0 saturated heterocycles. The van der Waals surface area contributed by atoms with Gasteiger partial charge in [0.05, 0.1) is 5.92 Å². The third-order valence-corrected chi connectivity index (χ3v) is 5.47. The molecule has 4 heteroatoms. The van der Waals surface area contributed by atoms with Crippen LogP contribution in [-0.2, 0) is 14.3 Å². The Balaban J connectivity index is 1.63. The Morgan fingerprint density at radius 1 is 1.12 bits per heavy atom. The van der Waals surface area contributed by atoms with Crippen LogP contribution in [0.15, 0.2) is 24.3 Å². The summed E-state index contributed by atoms with van der Waals surface area (Å²) in [5.41, 5.74) is 1.91. The molecule has 1 amide bonds. The molecule has 0 bridgehead atoms. The van der Waals surface area contributed by atoms with E-state index in [1.54, 1.807) is 0 Å². The lowest BCUT2D eigenvalue weighted by molar-refractivity contribution is -0.154. The first-order valence-corrected chi connectivity index (χ1v) is 8.94. The predicted octanol–water partition coefficient (Wildman–Crippen LogP) is 4.26. The van der Waals surface area contributed by atoms with Gasteiger partial charge in [0.1, 0.15) is 6.10 Å². The predicted molar refractivity (Wildman–Crippen MR) is 93.7 cm³/mol. The minimum absolute atomic E-state index is 0.00625. The van der Waals surface area contributed by atoms with Gasteiger partial charge >= 0.3 is 5.97 Å². The van der Waals surface area contributed by atoms with Gasteiger partial charge in [-0.15, -0.1) is 0 Å². The molecule has 1 unspecified atom stereocenters. The van der Waals surface area contributed by atoms with E-state index in [4.69, 9.17) is 4.74 Å². The van der Waals surface area contributed by atoms with Crippen molar-refractivity contribution in [1.82, 2.24) is 0 Å². The van der Waals surface area contributed by atoms with Gasteiger partial charge in [0, 0.05) is 12.1 Å². The Bertz CT molecular complexity index is 624. The topological polar surface area (TPSA) is 55.4 Å². The average Bonchev–Trinajstić information content (AvgIpc) is 2.53. The van der Waals surface area contributed by atoms with Gasteiger partial charge < -0.3 is 10.1 Å². The Morgan fingerprint density at radius 2 is 1.79 bits per heavy atom. The minimum Gasteiger partial charge on any atom is -0.462 e. The molecule has 0 radical (unpaired) electrons. The number of hydrogen-bond donors (Lipinski definition) is 1. The fraction of sp³-hybridized carbons (Fsp3) is 0.600. The van der Waals surface area contributed by atoms with Gasteiger partial charge in [0.25, 0.3) is 0 Å². The summed E-state index contributed by atoms with van der Waals surface area (Å²) in [4.78, 5) is 24.5. The lowest BCUT2D eigenvalue weighted by Gasteiger charge is -2.37. The van der Waals surface area contributed by atoms with Crippen molar-refractivity contribution in [3.05, 3.63) is 29.8 Å². The summed E-state index contributed by atoms with van der Waals surface area (Å²) in [6.45, 7) is 6.84. The number of amides is 1. The summed E-state index contributed by atoms with van der Waals surface area (Å²) in [6, 6.07) is 7.49. The van der Waals surface area contributed by atoms with E-state index in [1.165, 1.54) is 0 Å². The van der Waals surface area contributed by atoms with Crippen molar-refractivity contribution in [1.29, 1.82) is 0 Å². The first-order chi connectivity index (χ1) is 11.3. The number of anilines is 1. The number of ether oxygens (including phenoxy) is 1. The van der Waals surface area contributed by atoms with Gasteiger partial charge in [0.2, 0.25) is 5.91 Å². The molecule has 130 valence electrons. The lowest BCUT2D eigenvalue weighted by Crippen LogP contribution is -2.33. The second kappa shape index (κ2) is 6.58. The molecule has 1 heterocycles. The van der Waals surface area contributed by atoms with Crippen LogP contribution in [0.1, 0.15) is 64.4 Å². The quantitative estimate of drug-likeness (QED) is 0.825. The van der Waals surface area contributed by atoms with Gasteiger partial charge in [-0.3, -0.25) is 9.59 Å². The minimum atomic E-state index is -0.477. The highest BCUT2D eigenvalue weighted by Crippen LogP contribution is 2.39. The van der Waals surface area contributed by atoms with Crippen LogP contribution in [0.25, 0.3) is 0 Å². The summed E-state index contributed by atoms with van der Waals surface area (Å²) >= 11 is 0. The maximum Gasteiger partial charge on any atom is 0.314 e.